The minimum absolute atomic E-state index is 0.109. The van der Waals surface area contributed by atoms with Crippen LogP contribution in [0.5, 0.6) is 0 Å². The zero-order valence-corrected chi connectivity index (χ0v) is 16.2. The Kier molecular flexibility index (Phi) is 4.94. The number of sulfonamides is 1. The van der Waals surface area contributed by atoms with Gasteiger partial charge in [0.1, 0.15) is 0 Å². The highest BCUT2D eigenvalue weighted by Gasteiger charge is 2.27. The van der Waals surface area contributed by atoms with Gasteiger partial charge in [0.2, 0.25) is 10.0 Å². The monoisotopic (exact) mass is 401 g/mol. The predicted molar refractivity (Wildman–Crippen MR) is 107 cm³/mol. The summed E-state index contributed by atoms with van der Waals surface area (Å²) in [6.45, 7) is 1.24. The minimum atomic E-state index is -3.45. The first kappa shape index (κ1) is 18.1. The van der Waals surface area contributed by atoms with Gasteiger partial charge >= 0.3 is 0 Å². The molecule has 1 aliphatic rings. The third kappa shape index (κ3) is 3.73. The molecule has 1 fully saturated rings. The van der Waals surface area contributed by atoms with Crippen LogP contribution in [0.2, 0.25) is 0 Å². The third-order valence-electron chi connectivity index (χ3n) is 4.57. The second-order valence-electron chi connectivity index (χ2n) is 6.40. The fraction of sp³-hybridized carbons (Fsp3) is 0.263. The number of carbonyl (C=O) groups excluding carboxylic acids is 1. The molecule has 0 bridgehead atoms. The van der Waals surface area contributed by atoms with Crippen LogP contribution < -0.4 is 5.32 Å². The molecule has 27 heavy (non-hydrogen) atoms. The van der Waals surface area contributed by atoms with Crippen molar-refractivity contribution in [2.75, 3.05) is 25.0 Å². The zero-order valence-electron chi connectivity index (χ0n) is 14.6. The van der Waals surface area contributed by atoms with E-state index >= 15 is 0 Å². The van der Waals surface area contributed by atoms with E-state index in [4.69, 9.17) is 0 Å². The van der Waals surface area contributed by atoms with Crippen molar-refractivity contribution in [3.63, 3.8) is 0 Å². The molecule has 140 valence electrons. The molecule has 0 spiro atoms. The molecule has 8 heteroatoms. The lowest BCUT2D eigenvalue weighted by molar-refractivity contribution is 0.101. The number of hydrogen-bond donors (Lipinski definition) is 1. The number of thiazole rings is 1. The van der Waals surface area contributed by atoms with Crippen LogP contribution in [0, 0.1) is 0 Å². The van der Waals surface area contributed by atoms with Crippen molar-refractivity contribution in [2.45, 2.75) is 17.7 Å². The second kappa shape index (κ2) is 7.38. The summed E-state index contributed by atoms with van der Waals surface area (Å²) in [5.41, 5.74) is 1.37. The van der Waals surface area contributed by atoms with Crippen LogP contribution in [0.15, 0.2) is 53.4 Å². The van der Waals surface area contributed by atoms with Gasteiger partial charge in [0, 0.05) is 18.7 Å². The number of nitrogens with one attached hydrogen (secondary N) is 1. The number of fused-ring (bicyclic) bond motifs is 1. The Balaban J connectivity index is 1.43. The van der Waals surface area contributed by atoms with Gasteiger partial charge in [-0.15, -0.1) is 0 Å². The molecule has 1 aromatic heterocycles. The van der Waals surface area contributed by atoms with Gasteiger partial charge in [0.25, 0.3) is 0 Å². The number of ketones is 1. The van der Waals surface area contributed by atoms with Crippen molar-refractivity contribution < 1.29 is 13.2 Å². The molecule has 0 atom stereocenters. The van der Waals surface area contributed by atoms with E-state index in [-0.39, 0.29) is 17.2 Å². The highest BCUT2D eigenvalue weighted by atomic mass is 32.2. The Bertz CT molecular complexity index is 1040. The Morgan fingerprint density at radius 1 is 1.07 bits per heavy atom. The standard InChI is InChI=1S/C19H19N3O3S2/c23-17(13-20-19-21-16-5-1-2-6-18(16)26-19)14-7-9-15(10-8-14)27(24,25)22-11-3-4-12-22/h1-2,5-10H,3-4,11-13H2,(H,20,21). The van der Waals surface area contributed by atoms with Crippen LogP contribution in [0.3, 0.4) is 0 Å². The predicted octanol–water partition coefficient (Wildman–Crippen LogP) is 3.38. The van der Waals surface area contributed by atoms with Crippen molar-refractivity contribution in [2.24, 2.45) is 0 Å². The Hall–Kier alpha value is -2.29. The molecule has 2 heterocycles. The maximum Gasteiger partial charge on any atom is 0.243 e. The average molecular weight is 402 g/mol. The molecule has 1 saturated heterocycles. The van der Waals surface area contributed by atoms with Crippen LogP contribution in [-0.2, 0) is 10.0 Å². The second-order valence-corrected chi connectivity index (χ2v) is 9.37. The number of carbonyl (C=O) groups is 1. The van der Waals surface area contributed by atoms with Crippen LogP contribution in [0.1, 0.15) is 23.2 Å². The SMILES string of the molecule is O=C(CNc1nc2ccccc2s1)c1ccc(S(=O)(=O)N2CCCC2)cc1. The largest absolute Gasteiger partial charge is 0.354 e. The molecular formula is C19H19N3O3S2. The number of para-hydroxylation sites is 1. The summed E-state index contributed by atoms with van der Waals surface area (Å²) in [7, 11) is -3.45. The van der Waals surface area contributed by atoms with Gasteiger partial charge in [-0.3, -0.25) is 4.79 Å². The number of benzene rings is 2. The van der Waals surface area contributed by atoms with E-state index < -0.39 is 10.0 Å². The quantitative estimate of drug-likeness (QED) is 0.641. The van der Waals surface area contributed by atoms with Crippen LogP contribution in [-0.4, -0.2) is 43.1 Å². The molecular weight excluding hydrogens is 382 g/mol. The fourth-order valence-electron chi connectivity index (χ4n) is 3.10. The molecule has 0 aliphatic carbocycles. The summed E-state index contributed by atoms with van der Waals surface area (Å²) in [6, 6.07) is 14.0. The van der Waals surface area contributed by atoms with E-state index in [2.05, 4.69) is 10.3 Å². The molecule has 2 aromatic carbocycles. The summed E-state index contributed by atoms with van der Waals surface area (Å²) in [4.78, 5) is 17.1. The molecule has 1 aliphatic heterocycles. The number of rotatable bonds is 6. The number of Topliss-reactive ketones (excluding diaryl/α,β-unsaturated/α-hetero) is 1. The smallest absolute Gasteiger partial charge is 0.243 e. The molecule has 3 aromatic rings. The van der Waals surface area contributed by atoms with Crippen molar-refractivity contribution in [3.05, 3.63) is 54.1 Å². The van der Waals surface area contributed by atoms with Crippen molar-refractivity contribution in [1.82, 2.24) is 9.29 Å². The average Bonchev–Trinajstić information content (AvgIpc) is 3.36. The highest BCUT2D eigenvalue weighted by Crippen LogP contribution is 2.25. The molecule has 0 saturated carbocycles. The van der Waals surface area contributed by atoms with Crippen LogP contribution >= 0.6 is 11.3 Å². The lowest BCUT2D eigenvalue weighted by Crippen LogP contribution is -2.27. The summed E-state index contributed by atoms with van der Waals surface area (Å²) in [6.07, 6.45) is 1.79. The first-order chi connectivity index (χ1) is 13.0. The maximum absolute atomic E-state index is 12.5. The molecule has 0 unspecified atom stereocenters. The van der Waals surface area contributed by atoms with Gasteiger partial charge in [-0.25, -0.2) is 13.4 Å². The topological polar surface area (TPSA) is 79.4 Å². The van der Waals surface area contributed by atoms with Crippen LogP contribution in [0.4, 0.5) is 5.13 Å². The van der Waals surface area contributed by atoms with E-state index in [1.807, 2.05) is 24.3 Å². The van der Waals surface area contributed by atoms with Gasteiger partial charge in [-0.1, -0.05) is 23.5 Å². The number of nitrogens with zero attached hydrogens (tertiary/aromatic N) is 2. The zero-order chi connectivity index (χ0) is 18.9. The molecule has 0 amide bonds. The fourth-order valence-corrected chi connectivity index (χ4v) is 5.47. The maximum atomic E-state index is 12.5. The van der Waals surface area contributed by atoms with E-state index in [1.165, 1.54) is 27.8 Å². The van der Waals surface area contributed by atoms with E-state index in [0.29, 0.717) is 23.8 Å². The van der Waals surface area contributed by atoms with E-state index in [9.17, 15) is 13.2 Å². The van der Waals surface area contributed by atoms with Gasteiger partial charge in [-0.2, -0.15) is 4.31 Å². The first-order valence-corrected chi connectivity index (χ1v) is 11.0. The molecule has 0 radical (unpaired) electrons. The Labute approximate surface area is 161 Å². The van der Waals surface area contributed by atoms with Gasteiger partial charge in [-0.05, 0) is 49.2 Å². The van der Waals surface area contributed by atoms with Gasteiger partial charge in [0.15, 0.2) is 10.9 Å². The van der Waals surface area contributed by atoms with Gasteiger partial charge in [0.05, 0.1) is 21.7 Å². The lowest BCUT2D eigenvalue weighted by atomic mass is 10.1. The third-order valence-corrected chi connectivity index (χ3v) is 7.48. The summed E-state index contributed by atoms with van der Waals surface area (Å²) in [5, 5.41) is 3.75. The Morgan fingerprint density at radius 2 is 1.78 bits per heavy atom. The molecule has 4 rings (SSSR count). The Morgan fingerprint density at radius 3 is 2.48 bits per heavy atom. The van der Waals surface area contributed by atoms with E-state index in [0.717, 1.165) is 23.1 Å². The number of anilines is 1. The summed E-state index contributed by atoms with van der Waals surface area (Å²) < 4.78 is 27.6. The molecule has 1 N–H and O–H groups in total. The van der Waals surface area contributed by atoms with Crippen LogP contribution in [0.25, 0.3) is 10.2 Å². The normalized spacial score (nSPS) is 15.3. The van der Waals surface area contributed by atoms with Crippen molar-refractivity contribution in [3.8, 4) is 0 Å². The van der Waals surface area contributed by atoms with Crippen molar-refractivity contribution in [1.29, 1.82) is 0 Å². The highest BCUT2D eigenvalue weighted by molar-refractivity contribution is 7.89. The summed E-state index contributed by atoms with van der Waals surface area (Å²) >= 11 is 1.50. The lowest BCUT2D eigenvalue weighted by Gasteiger charge is -2.15. The summed E-state index contributed by atoms with van der Waals surface area (Å²) in [5.74, 6) is -0.112. The number of hydrogen-bond acceptors (Lipinski definition) is 6. The van der Waals surface area contributed by atoms with Crippen molar-refractivity contribution >= 4 is 42.5 Å². The van der Waals surface area contributed by atoms with E-state index in [1.54, 1.807) is 12.1 Å². The number of aromatic nitrogens is 1. The minimum Gasteiger partial charge on any atom is -0.354 e. The first-order valence-electron chi connectivity index (χ1n) is 8.77. The molecule has 6 nitrogen and oxygen atoms in total. The van der Waals surface area contributed by atoms with Gasteiger partial charge < -0.3 is 5.32 Å².